The van der Waals surface area contributed by atoms with Gasteiger partial charge in [0, 0.05) is 6.04 Å². The van der Waals surface area contributed by atoms with E-state index in [0.29, 0.717) is 11.5 Å². The van der Waals surface area contributed by atoms with Crippen molar-refractivity contribution in [2.75, 3.05) is 0 Å². The first-order chi connectivity index (χ1) is 8.97. The third-order valence-corrected chi connectivity index (χ3v) is 3.46. The molecule has 4 heteroatoms. The minimum atomic E-state index is -0.267. The summed E-state index contributed by atoms with van der Waals surface area (Å²) in [5, 5.41) is 0. The van der Waals surface area contributed by atoms with Gasteiger partial charge in [0.25, 0.3) is 0 Å². The first-order valence-corrected chi connectivity index (χ1v) is 6.75. The Kier molecular flexibility index (Phi) is 4.22. The van der Waals surface area contributed by atoms with Crippen molar-refractivity contribution in [1.29, 1.82) is 0 Å². The van der Waals surface area contributed by atoms with Crippen molar-refractivity contribution in [2.45, 2.75) is 19.9 Å². The third kappa shape index (κ3) is 3.33. The highest BCUT2D eigenvalue weighted by Crippen LogP contribution is 2.33. The second kappa shape index (κ2) is 5.72. The van der Waals surface area contributed by atoms with Crippen LogP contribution in [0.15, 0.2) is 40.9 Å². The average molecular weight is 324 g/mol. The summed E-state index contributed by atoms with van der Waals surface area (Å²) in [6, 6.07) is 10.1. The molecule has 0 unspecified atom stereocenters. The van der Waals surface area contributed by atoms with Gasteiger partial charge in [0.15, 0.2) is 0 Å². The monoisotopic (exact) mass is 323 g/mol. The van der Waals surface area contributed by atoms with Gasteiger partial charge in [0.2, 0.25) is 0 Å². The summed E-state index contributed by atoms with van der Waals surface area (Å²) in [5.41, 5.74) is 7.60. The maximum atomic E-state index is 13.0. The van der Waals surface area contributed by atoms with E-state index in [1.165, 1.54) is 12.1 Å². The fraction of sp³-hybridized carbons (Fsp3) is 0.200. The molecule has 1 atom stereocenters. The van der Waals surface area contributed by atoms with Gasteiger partial charge < -0.3 is 10.5 Å². The summed E-state index contributed by atoms with van der Waals surface area (Å²) in [5.74, 6) is 1.05. The second-order valence-corrected chi connectivity index (χ2v) is 5.34. The van der Waals surface area contributed by atoms with Crippen LogP contribution in [0, 0.1) is 12.7 Å². The van der Waals surface area contributed by atoms with Crippen LogP contribution in [-0.2, 0) is 0 Å². The van der Waals surface area contributed by atoms with Crippen LogP contribution in [0.1, 0.15) is 24.1 Å². The molecule has 2 N–H and O–H groups in total. The molecule has 2 aromatic rings. The average Bonchev–Trinajstić information content (AvgIpc) is 2.34. The maximum Gasteiger partial charge on any atom is 0.141 e. The summed E-state index contributed by atoms with van der Waals surface area (Å²) in [6.45, 7) is 3.73. The largest absolute Gasteiger partial charge is 0.456 e. The number of halogens is 2. The zero-order valence-electron chi connectivity index (χ0n) is 10.8. The summed E-state index contributed by atoms with van der Waals surface area (Å²) in [6.07, 6.45) is 0. The van der Waals surface area contributed by atoms with Crippen LogP contribution in [-0.4, -0.2) is 0 Å². The predicted molar refractivity (Wildman–Crippen MR) is 78.0 cm³/mol. The van der Waals surface area contributed by atoms with Crippen molar-refractivity contribution >= 4 is 15.9 Å². The molecule has 2 rings (SSSR count). The van der Waals surface area contributed by atoms with Crippen molar-refractivity contribution in [3.05, 3.63) is 57.8 Å². The molecule has 2 nitrogen and oxygen atoms in total. The van der Waals surface area contributed by atoms with Gasteiger partial charge in [-0.15, -0.1) is 0 Å². The number of nitrogens with two attached hydrogens (primary N) is 1. The van der Waals surface area contributed by atoms with Gasteiger partial charge in [-0.25, -0.2) is 4.39 Å². The van der Waals surface area contributed by atoms with Gasteiger partial charge in [-0.1, -0.05) is 6.07 Å². The van der Waals surface area contributed by atoms with Crippen molar-refractivity contribution in [3.63, 3.8) is 0 Å². The number of ether oxygens (including phenoxy) is 1. The summed E-state index contributed by atoms with van der Waals surface area (Å²) < 4.78 is 19.6. The predicted octanol–water partition coefficient (Wildman–Crippen LogP) is 4.71. The topological polar surface area (TPSA) is 35.2 Å². The molecule has 0 heterocycles. The Morgan fingerprint density at radius 2 is 1.84 bits per heavy atom. The van der Waals surface area contributed by atoms with E-state index in [0.717, 1.165) is 15.6 Å². The highest BCUT2D eigenvalue weighted by Gasteiger charge is 2.08. The molecule has 0 fully saturated rings. The van der Waals surface area contributed by atoms with Crippen molar-refractivity contribution in [3.8, 4) is 11.5 Å². The first-order valence-electron chi connectivity index (χ1n) is 5.96. The number of hydrogen-bond acceptors (Lipinski definition) is 2. The summed E-state index contributed by atoms with van der Waals surface area (Å²) in [4.78, 5) is 0. The van der Waals surface area contributed by atoms with E-state index in [1.54, 1.807) is 6.07 Å². The van der Waals surface area contributed by atoms with E-state index in [4.69, 9.17) is 10.5 Å². The van der Waals surface area contributed by atoms with E-state index < -0.39 is 0 Å². The molecule has 0 aromatic heterocycles. The normalized spacial score (nSPS) is 12.3. The number of rotatable bonds is 3. The van der Waals surface area contributed by atoms with Gasteiger partial charge >= 0.3 is 0 Å². The van der Waals surface area contributed by atoms with Crippen LogP contribution < -0.4 is 10.5 Å². The molecule has 100 valence electrons. The maximum absolute atomic E-state index is 13.0. The molecule has 0 radical (unpaired) electrons. The van der Waals surface area contributed by atoms with Crippen LogP contribution in [0.25, 0.3) is 0 Å². The number of benzene rings is 2. The fourth-order valence-electron chi connectivity index (χ4n) is 1.73. The molecule has 2 aromatic carbocycles. The SMILES string of the molecule is Cc1cc(F)ccc1Oc1ccc([C@H](C)N)cc1Br. The van der Waals surface area contributed by atoms with E-state index in [-0.39, 0.29) is 11.9 Å². The van der Waals surface area contributed by atoms with E-state index in [2.05, 4.69) is 15.9 Å². The lowest BCUT2D eigenvalue weighted by atomic mass is 10.1. The minimum Gasteiger partial charge on any atom is -0.456 e. The van der Waals surface area contributed by atoms with E-state index in [9.17, 15) is 4.39 Å². The molecule has 19 heavy (non-hydrogen) atoms. The lowest BCUT2D eigenvalue weighted by Gasteiger charge is -2.12. The Hall–Kier alpha value is -1.39. The Labute approximate surface area is 120 Å². The van der Waals surface area contributed by atoms with Crippen molar-refractivity contribution < 1.29 is 9.13 Å². The van der Waals surface area contributed by atoms with E-state index in [1.807, 2.05) is 32.0 Å². The number of aryl methyl sites for hydroxylation is 1. The molecule has 0 aliphatic heterocycles. The highest BCUT2D eigenvalue weighted by molar-refractivity contribution is 9.10. The second-order valence-electron chi connectivity index (χ2n) is 4.49. The first kappa shape index (κ1) is 14.0. The smallest absolute Gasteiger partial charge is 0.141 e. The van der Waals surface area contributed by atoms with Gasteiger partial charge in [-0.3, -0.25) is 0 Å². The Morgan fingerprint density at radius 1 is 1.16 bits per heavy atom. The van der Waals surface area contributed by atoms with Crippen LogP contribution in [0.5, 0.6) is 11.5 Å². The van der Waals surface area contributed by atoms with Gasteiger partial charge in [-0.05, 0) is 71.2 Å². The Bertz CT molecular complexity index is 599. The molecule has 0 aliphatic carbocycles. The van der Waals surface area contributed by atoms with E-state index >= 15 is 0 Å². The minimum absolute atomic E-state index is 0.0297. The van der Waals surface area contributed by atoms with Crippen LogP contribution in [0.2, 0.25) is 0 Å². The molecule has 0 saturated carbocycles. The standard InChI is InChI=1S/C15H15BrFNO/c1-9-7-12(17)4-6-14(9)19-15-5-3-11(10(2)18)8-13(15)16/h3-8,10H,18H2,1-2H3/t10-/m0/s1. The lowest BCUT2D eigenvalue weighted by molar-refractivity contribution is 0.473. The quantitative estimate of drug-likeness (QED) is 0.887. The molecule has 0 spiro atoms. The summed E-state index contributed by atoms with van der Waals surface area (Å²) in [7, 11) is 0. The fourth-order valence-corrected chi connectivity index (χ4v) is 2.21. The molecule has 0 saturated heterocycles. The van der Waals surface area contributed by atoms with Crippen LogP contribution in [0.4, 0.5) is 4.39 Å². The van der Waals surface area contributed by atoms with Gasteiger partial charge in [-0.2, -0.15) is 0 Å². The molecule has 0 aliphatic rings. The summed E-state index contributed by atoms with van der Waals surface area (Å²) >= 11 is 3.46. The van der Waals surface area contributed by atoms with Crippen molar-refractivity contribution in [2.24, 2.45) is 5.73 Å². The van der Waals surface area contributed by atoms with Crippen LogP contribution >= 0.6 is 15.9 Å². The zero-order valence-corrected chi connectivity index (χ0v) is 12.4. The Morgan fingerprint density at radius 3 is 2.42 bits per heavy atom. The highest BCUT2D eigenvalue weighted by atomic mass is 79.9. The Balaban J connectivity index is 2.28. The third-order valence-electron chi connectivity index (χ3n) is 2.84. The van der Waals surface area contributed by atoms with Gasteiger partial charge in [0.05, 0.1) is 4.47 Å². The number of hydrogen-bond donors (Lipinski definition) is 1. The molecular formula is C15H15BrFNO. The lowest BCUT2D eigenvalue weighted by Crippen LogP contribution is -2.04. The molecular weight excluding hydrogens is 309 g/mol. The molecule has 0 amide bonds. The zero-order chi connectivity index (χ0) is 14.0. The van der Waals surface area contributed by atoms with Crippen LogP contribution in [0.3, 0.4) is 0 Å². The van der Waals surface area contributed by atoms with Crippen molar-refractivity contribution in [1.82, 2.24) is 0 Å². The molecule has 0 bridgehead atoms. The van der Waals surface area contributed by atoms with Gasteiger partial charge in [0.1, 0.15) is 17.3 Å².